The maximum Gasteiger partial charge on any atom is 0.119 e. The van der Waals surface area contributed by atoms with Gasteiger partial charge in [0, 0.05) is 18.2 Å². The first-order valence-corrected chi connectivity index (χ1v) is 6.76. The van der Waals surface area contributed by atoms with Gasteiger partial charge in [0.05, 0.1) is 6.10 Å². The van der Waals surface area contributed by atoms with Crippen LogP contribution in [0.5, 0.6) is 0 Å². The molecular weight excluding hydrogens is 210 g/mol. The maximum absolute atomic E-state index is 6.01. The lowest BCUT2D eigenvalue weighted by Crippen LogP contribution is -2.46. The molecule has 1 heterocycles. The van der Waals surface area contributed by atoms with Gasteiger partial charge >= 0.3 is 0 Å². The molecule has 1 saturated carbocycles. The van der Waals surface area contributed by atoms with E-state index in [1.54, 1.807) is 0 Å². The Balaban J connectivity index is 1.71. The van der Waals surface area contributed by atoms with Crippen LogP contribution in [0, 0.1) is 12.8 Å². The van der Waals surface area contributed by atoms with Crippen LogP contribution in [0.15, 0.2) is 24.3 Å². The summed E-state index contributed by atoms with van der Waals surface area (Å²) >= 11 is 0. The summed E-state index contributed by atoms with van der Waals surface area (Å²) < 4.78 is 6.01. The van der Waals surface area contributed by atoms with Gasteiger partial charge in [-0.2, -0.15) is 0 Å². The second-order valence-electron chi connectivity index (χ2n) is 5.44. The van der Waals surface area contributed by atoms with E-state index in [0.29, 0.717) is 6.10 Å². The molecule has 1 aliphatic carbocycles. The zero-order chi connectivity index (χ0) is 11.7. The van der Waals surface area contributed by atoms with Crippen LogP contribution in [0.3, 0.4) is 0 Å². The molecule has 0 aromatic heterocycles. The van der Waals surface area contributed by atoms with Crippen molar-refractivity contribution in [3.8, 4) is 0 Å². The van der Waals surface area contributed by atoms with Crippen molar-refractivity contribution in [1.29, 1.82) is 0 Å². The maximum atomic E-state index is 6.01. The fourth-order valence-corrected chi connectivity index (χ4v) is 3.06. The number of aryl methyl sites for hydroxylation is 1. The molecule has 17 heavy (non-hydrogen) atoms. The third-order valence-corrected chi connectivity index (χ3v) is 4.14. The molecule has 92 valence electrons. The van der Waals surface area contributed by atoms with E-state index in [0.717, 1.165) is 12.6 Å². The zero-order valence-electron chi connectivity index (χ0n) is 10.6. The van der Waals surface area contributed by atoms with Gasteiger partial charge < -0.3 is 9.64 Å². The van der Waals surface area contributed by atoms with E-state index >= 15 is 0 Å². The van der Waals surface area contributed by atoms with E-state index in [9.17, 15) is 0 Å². The predicted octanol–water partition coefficient (Wildman–Crippen LogP) is 3.35. The first kappa shape index (κ1) is 11.1. The second-order valence-corrected chi connectivity index (χ2v) is 5.44. The third kappa shape index (κ3) is 2.32. The molecule has 1 saturated heterocycles. The highest BCUT2D eigenvalue weighted by atomic mass is 16.5. The van der Waals surface area contributed by atoms with Gasteiger partial charge in [0.1, 0.15) is 6.73 Å². The van der Waals surface area contributed by atoms with Gasteiger partial charge in [0.25, 0.3) is 0 Å². The smallest absolute Gasteiger partial charge is 0.119 e. The summed E-state index contributed by atoms with van der Waals surface area (Å²) in [5.74, 6) is 0.749. The van der Waals surface area contributed by atoms with Gasteiger partial charge in [0.2, 0.25) is 0 Å². The molecular formula is C15H21NO. The fourth-order valence-electron chi connectivity index (χ4n) is 3.06. The highest BCUT2D eigenvalue weighted by Gasteiger charge is 2.31. The van der Waals surface area contributed by atoms with E-state index in [-0.39, 0.29) is 0 Å². The number of rotatable bonds is 1. The molecule has 3 rings (SSSR count). The lowest BCUT2D eigenvalue weighted by atomic mass is 9.85. The molecule has 2 fully saturated rings. The second kappa shape index (κ2) is 4.69. The highest BCUT2D eigenvalue weighted by Crippen LogP contribution is 2.32. The molecule has 2 aliphatic rings. The molecule has 1 aromatic rings. The Morgan fingerprint density at radius 1 is 1.12 bits per heavy atom. The topological polar surface area (TPSA) is 12.5 Å². The van der Waals surface area contributed by atoms with Crippen molar-refractivity contribution in [3.05, 3.63) is 29.8 Å². The normalized spacial score (nSPS) is 28.9. The van der Waals surface area contributed by atoms with E-state index in [2.05, 4.69) is 36.1 Å². The van der Waals surface area contributed by atoms with Crippen molar-refractivity contribution in [1.82, 2.24) is 0 Å². The Morgan fingerprint density at radius 3 is 2.71 bits per heavy atom. The van der Waals surface area contributed by atoms with Crippen molar-refractivity contribution >= 4 is 5.69 Å². The van der Waals surface area contributed by atoms with Crippen molar-refractivity contribution < 1.29 is 4.74 Å². The number of fused-ring (bicyclic) bond motifs is 1. The van der Waals surface area contributed by atoms with Crippen LogP contribution in [0.4, 0.5) is 5.69 Å². The van der Waals surface area contributed by atoms with Crippen LogP contribution in [-0.2, 0) is 4.74 Å². The number of hydrogen-bond acceptors (Lipinski definition) is 2. The molecule has 2 atom stereocenters. The molecule has 0 bridgehead atoms. The summed E-state index contributed by atoms with van der Waals surface area (Å²) in [7, 11) is 0. The minimum absolute atomic E-state index is 0.533. The molecule has 1 aromatic carbocycles. The minimum Gasteiger partial charge on any atom is -0.358 e. The summed E-state index contributed by atoms with van der Waals surface area (Å²) in [6.45, 7) is 4.08. The van der Waals surface area contributed by atoms with Gasteiger partial charge in [-0.3, -0.25) is 0 Å². The van der Waals surface area contributed by atoms with Crippen molar-refractivity contribution in [3.63, 3.8) is 0 Å². The number of hydrogen-bond donors (Lipinski definition) is 0. The van der Waals surface area contributed by atoms with Crippen molar-refractivity contribution in [2.45, 2.75) is 38.7 Å². The summed E-state index contributed by atoms with van der Waals surface area (Å²) in [6, 6.07) is 8.79. The van der Waals surface area contributed by atoms with Gasteiger partial charge in [0.15, 0.2) is 0 Å². The fraction of sp³-hybridized carbons (Fsp3) is 0.600. The summed E-state index contributed by atoms with van der Waals surface area (Å²) in [5.41, 5.74) is 2.63. The van der Waals surface area contributed by atoms with Crippen molar-refractivity contribution in [2.24, 2.45) is 5.92 Å². The molecule has 1 aliphatic heterocycles. The number of nitrogens with zero attached hydrogens (tertiary/aromatic N) is 1. The van der Waals surface area contributed by atoms with Crippen molar-refractivity contribution in [2.75, 3.05) is 18.2 Å². The Labute approximate surface area is 104 Å². The standard InChI is InChI=1S/C15H21NO/c1-12-6-8-14(9-7-12)16-10-13-4-2-3-5-15(13)17-11-16/h6-9,13,15H,2-5,10-11H2,1H3. The summed E-state index contributed by atoms with van der Waals surface area (Å²) in [5, 5.41) is 0. The monoisotopic (exact) mass is 231 g/mol. The molecule has 2 nitrogen and oxygen atoms in total. The van der Waals surface area contributed by atoms with E-state index in [4.69, 9.17) is 4.74 Å². The average molecular weight is 231 g/mol. The van der Waals surface area contributed by atoms with Gasteiger partial charge in [-0.05, 0) is 31.9 Å². The van der Waals surface area contributed by atoms with E-state index in [1.807, 2.05) is 0 Å². The predicted molar refractivity (Wildman–Crippen MR) is 70.2 cm³/mol. The van der Waals surface area contributed by atoms with Gasteiger partial charge in [-0.25, -0.2) is 0 Å². The van der Waals surface area contributed by atoms with E-state index < -0.39 is 0 Å². The third-order valence-electron chi connectivity index (χ3n) is 4.14. The van der Waals surface area contributed by atoms with Crippen LogP contribution in [-0.4, -0.2) is 19.4 Å². The van der Waals surface area contributed by atoms with Gasteiger partial charge in [-0.1, -0.05) is 30.5 Å². The molecule has 2 unspecified atom stereocenters. The Morgan fingerprint density at radius 2 is 1.88 bits per heavy atom. The van der Waals surface area contributed by atoms with Gasteiger partial charge in [-0.15, -0.1) is 0 Å². The average Bonchev–Trinajstić information content (AvgIpc) is 2.39. The summed E-state index contributed by atoms with van der Waals surface area (Å²) in [6.07, 6.45) is 5.88. The lowest BCUT2D eigenvalue weighted by molar-refractivity contribution is -0.0357. The molecule has 0 amide bonds. The zero-order valence-corrected chi connectivity index (χ0v) is 10.6. The van der Waals surface area contributed by atoms with Crippen LogP contribution >= 0.6 is 0 Å². The van der Waals surface area contributed by atoms with Crippen LogP contribution in [0.1, 0.15) is 31.2 Å². The molecule has 2 heteroatoms. The first-order valence-electron chi connectivity index (χ1n) is 6.76. The van der Waals surface area contributed by atoms with E-state index in [1.165, 1.54) is 43.5 Å². The number of anilines is 1. The van der Waals surface area contributed by atoms with Crippen LogP contribution < -0.4 is 4.90 Å². The first-order chi connectivity index (χ1) is 8.33. The number of benzene rings is 1. The largest absolute Gasteiger partial charge is 0.358 e. The molecule has 0 radical (unpaired) electrons. The molecule has 0 N–H and O–H groups in total. The number of ether oxygens (including phenoxy) is 1. The Hall–Kier alpha value is -1.02. The van der Waals surface area contributed by atoms with Crippen LogP contribution in [0.25, 0.3) is 0 Å². The van der Waals surface area contributed by atoms with Crippen LogP contribution in [0.2, 0.25) is 0 Å². The lowest BCUT2D eigenvalue weighted by Gasteiger charge is -2.42. The Kier molecular flexibility index (Phi) is 3.06. The molecule has 0 spiro atoms. The Bertz CT molecular complexity index is 373. The SMILES string of the molecule is Cc1ccc(N2COC3CCCCC3C2)cc1. The quantitative estimate of drug-likeness (QED) is 0.735. The minimum atomic E-state index is 0.533. The summed E-state index contributed by atoms with van der Waals surface area (Å²) in [4.78, 5) is 2.38. The highest BCUT2D eigenvalue weighted by molar-refractivity contribution is 5.47.